The minimum absolute atomic E-state index is 0.134. The van der Waals surface area contributed by atoms with Gasteiger partial charge < -0.3 is 5.11 Å². The summed E-state index contributed by atoms with van der Waals surface area (Å²) >= 11 is 8.72. The number of hydrogen-bond donors (Lipinski definition) is 2. The Morgan fingerprint density at radius 3 is 2.59 bits per heavy atom. The average molecular weight is 538 g/mol. The van der Waals surface area contributed by atoms with Crippen LogP contribution in [0.5, 0.6) is 5.75 Å². The predicted molar refractivity (Wildman–Crippen MR) is 102 cm³/mol. The molecule has 2 aromatic carbocycles. The van der Waals surface area contributed by atoms with Crippen molar-refractivity contribution in [1.29, 1.82) is 0 Å². The van der Waals surface area contributed by atoms with E-state index < -0.39 is 0 Å². The van der Waals surface area contributed by atoms with Crippen LogP contribution in [0.2, 0.25) is 0 Å². The van der Waals surface area contributed by atoms with Crippen molar-refractivity contribution in [3.05, 3.63) is 60.0 Å². The number of carbonyl (C=O) groups is 1. The summed E-state index contributed by atoms with van der Waals surface area (Å²) in [6.45, 7) is 0. The highest BCUT2D eigenvalue weighted by Crippen LogP contribution is 2.27. The van der Waals surface area contributed by atoms with Crippen molar-refractivity contribution in [2.75, 3.05) is 0 Å². The van der Waals surface area contributed by atoms with Gasteiger partial charge in [0.25, 0.3) is 0 Å². The second kappa shape index (κ2) is 8.07. The van der Waals surface area contributed by atoms with Crippen LogP contribution >= 0.6 is 54.5 Å². The molecule has 0 saturated heterocycles. The smallest absolute Gasteiger partial charge is 0.244 e. The number of hydrogen-bond acceptors (Lipinski definition) is 3. The summed E-state index contributed by atoms with van der Waals surface area (Å²) in [5, 5.41) is 13.8. The van der Waals surface area contributed by atoms with Crippen molar-refractivity contribution in [2.24, 2.45) is 5.10 Å². The van der Waals surface area contributed by atoms with Crippen molar-refractivity contribution >= 4 is 66.6 Å². The first-order chi connectivity index (χ1) is 10.5. The summed E-state index contributed by atoms with van der Waals surface area (Å²) in [5.41, 5.74) is 3.88. The van der Waals surface area contributed by atoms with Gasteiger partial charge in [0.05, 0.1) is 16.2 Å². The van der Waals surface area contributed by atoms with E-state index in [0.29, 0.717) is 9.13 Å². The molecule has 2 aromatic rings. The molecule has 0 unspecified atom stereocenters. The topological polar surface area (TPSA) is 61.7 Å². The molecule has 0 spiro atoms. The normalized spacial score (nSPS) is 10.9. The minimum atomic E-state index is -0.220. The number of halogens is 3. The van der Waals surface area contributed by atoms with Gasteiger partial charge in [-0.3, -0.25) is 4.79 Å². The summed E-state index contributed by atoms with van der Waals surface area (Å²) in [4.78, 5) is 11.8. The van der Waals surface area contributed by atoms with Gasteiger partial charge in [-0.1, -0.05) is 44.0 Å². The summed E-state index contributed by atoms with van der Waals surface area (Å²) in [5.74, 6) is -0.0857. The standard InChI is InChI=1S/C15H11Br2IN2O2/c16-11-3-1-9(2-4-11)5-14(21)20-19-8-10-6-12(17)7-13(18)15(10)22/h1-4,6-8,22H,5H2,(H,20,21)/b19-8+. The highest BCUT2D eigenvalue weighted by atomic mass is 127. The van der Waals surface area contributed by atoms with Crippen LogP contribution in [-0.4, -0.2) is 17.2 Å². The van der Waals surface area contributed by atoms with E-state index in [2.05, 4.69) is 42.4 Å². The average Bonchev–Trinajstić information content (AvgIpc) is 2.46. The zero-order valence-corrected chi connectivity index (χ0v) is 16.5. The number of amides is 1. The fraction of sp³-hybridized carbons (Fsp3) is 0.0667. The lowest BCUT2D eigenvalue weighted by molar-refractivity contribution is -0.120. The lowest BCUT2D eigenvalue weighted by Gasteiger charge is -2.03. The van der Waals surface area contributed by atoms with Gasteiger partial charge in [0.2, 0.25) is 5.91 Å². The van der Waals surface area contributed by atoms with Crippen molar-refractivity contribution in [1.82, 2.24) is 5.43 Å². The Hall–Kier alpha value is -0.930. The van der Waals surface area contributed by atoms with Gasteiger partial charge in [-0.05, 0) is 52.4 Å². The number of nitrogens with one attached hydrogen (secondary N) is 1. The Morgan fingerprint density at radius 2 is 1.91 bits per heavy atom. The van der Waals surface area contributed by atoms with E-state index in [4.69, 9.17) is 0 Å². The van der Waals surface area contributed by atoms with Gasteiger partial charge in [-0.15, -0.1) is 0 Å². The SMILES string of the molecule is O=C(Cc1ccc(Br)cc1)N/N=C/c1cc(Br)cc(I)c1O. The van der Waals surface area contributed by atoms with Crippen molar-refractivity contribution in [2.45, 2.75) is 6.42 Å². The molecule has 0 saturated carbocycles. The highest BCUT2D eigenvalue weighted by Gasteiger charge is 2.06. The molecule has 2 N–H and O–H groups in total. The fourth-order valence-corrected chi connectivity index (χ4v) is 3.50. The van der Waals surface area contributed by atoms with E-state index in [1.165, 1.54) is 6.21 Å². The number of rotatable bonds is 4. The molecule has 22 heavy (non-hydrogen) atoms. The summed E-state index contributed by atoms with van der Waals surface area (Å²) in [6, 6.07) is 11.0. The molecule has 2 rings (SSSR count). The fourth-order valence-electron chi connectivity index (χ4n) is 1.69. The number of aromatic hydroxyl groups is 1. The third-order valence-electron chi connectivity index (χ3n) is 2.73. The van der Waals surface area contributed by atoms with Crippen LogP contribution in [0.4, 0.5) is 0 Å². The predicted octanol–water partition coefficient (Wildman–Crippen LogP) is 4.21. The maximum atomic E-state index is 11.8. The van der Waals surface area contributed by atoms with E-state index >= 15 is 0 Å². The molecule has 0 aliphatic carbocycles. The molecule has 0 atom stereocenters. The van der Waals surface area contributed by atoms with E-state index in [-0.39, 0.29) is 18.1 Å². The lowest BCUT2D eigenvalue weighted by Crippen LogP contribution is -2.19. The third-order valence-corrected chi connectivity index (χ3v) is 4.54. The number of phenolic OH excluding ortho intramolecular Hbond substituents is 1. The molecule has 0 fully saturated rings. The van der Waals surface area contributed by atoms with Crippen LogP contribution < -0.4 is 5.43 Å². The zero-order valence-electron chi connectivity index (χ0n) is 11.2. The van der Waals surface area contributed by atoms with Crippen LogP contribution in [0.15, 0.2) is 50.4 Å². The Bertz CT molecular complexity index is 718. The molecule has 0 aliphatic heterocycles. The van der Waals surface area contributed by atoms with Gasteiger partial charge in [-0.25, -0.2) is 5.43 Å². The number of nitrogens with zero attached hydrogens (tertiary/aromatic N) is 1. The van der Waals surface area contributed by atoms with Gasteiger partial charge >= 0.3 is 0 Å². The van der Waals surface area contributed by atoms with Gasteiger partial charge in [-0.2, -0.15) is 5.10 Å². The Balaban J connectivity index is 1.97. The quantitative estimate of drug-likeness (QED) is 0.349. The van der Waals surface area contributed by atoms with E-state index in [9.17, 15) is 9.90 Å². The third kappa shape index (κ3) is 5.06. The molecular weight excluding hydrogens is 527 g/mol. The van der Waals surface area contributed by atoms with Gasteiger partial charge in [0.1, 0.15) is 5.75 Å². The highest BCUT2D eigenvalue weighted by molar-refractivity contribution is 14.1. The molecule has 1 amide bonds. The first kappa shape index (κ1) is 17.4. The van der Waals surface area contributed by atoms with Gasteiger partial charge in [0.15, 0.2) is 0 Å². The van der Waals surface area contributed by atoms with Crippen molar-refractivity contribution in [3.63, 3.8) is 0 Å². The zero-order chi connectivity index (χ0) is 16.1. The maximum Gasteiger partial charge on any atom is 0.244 e. The summed E-state index contributed by atoms with van der Waals surface area (Å²) < 4.78 is 2.50. The van der Waals surface area contributed by atoms with Crippen molar-refractivity contribution in [3.8, 4) is 5.75 Å². The number of phenols is 1. The van der Waals surface area contributed by atoms with Crippen molar-refractivity contribution < 1.29 is 9.90 Å². The van der Waals surface area contributed by atoms with E-state index in [1.807, 2.05) is 46.9 Å². The molecule has 0 bridgehead atoms. The largest absolute Gasteiger partial charge is 0.506 e. The van der Waals surface area contributed by atoms with E-state index in [0.717, 1.165) is 14.5 Å². The van der Waals surface area contributed by atoms with Crippen LogP contribution in [0.3, 0.4) is 0 Å². The summed E-state index contributed by atoms with van der Waals surface area (Å²) in [6.07, 6.45) is 1.66. The van der Waals surface area contributed by atoms with Crippen LogP contribution in [0.25, 0.3) is 0 Å². The second-order valence-corrected chi connectivity index (χ2v) is 7.42. The second-order valence-electron chi connectivity index (χ2n) is 4.42. The summed E-state index contributed by atoms with van der Waals surface area (Å²) in [7, 11) is 0. The maximum absolute atomic E-state index is 11.8. The molecule has 0 aromatic heterocycles. The Labute approximate surface area is 158 Å². The first-order valence-electron chi connectivity index (χ1n) is 6.20. The molecule has 0 aliphatic rings. The van der Waals surface area contributed by atoms with Crippen LogP contribution in [0, 0.1) is 3.57 Å². The Morgan fingerprint density at radius 1 is 1.23 bits per heavy atom. The number of hydrazone groups is 1. The Kier molecular flexibility index (Phi) is 6.39. The molecule has 0 radical (unpaired) electrons. The van der Waals surface area contributed by atoms with Crippen LogP contribution in [0.1, 0.15) is 11.1 Å². The van der Waals surface area contributed by atoms with Crippen LogP contribution in [-0.2, 0) is 11.2 Å². The molecule has 7 heteroatoms. The van der Waals surface area contributed by atoms with E-state index in [1.54, 1.807) is 12.1 Å². The molecule has 4 nitrogen and oxygen atoms in total. The molecule has 0 heterocycles. The van der Waals surface area contributed by atoms with Gasteiger partial charge in [0, 0.05) is 14.5 Å². The number of benzene rings is 2. The lowest BCUT2D eigenvalue weighted by atomic mass is 10.1. The first-order valence-corrected chi connectivity index (χ1v) is 8.86. The number of carbonyl (C=O) groups excluding carboxylic acids is 1. The minimum Gasteiger partial charge on any atom is -0.506 e. The molecular formula is C15H11Br2IN2O2. The monoisotopic (exact) mass is 536 g/mol. The molecule has 114 valence electrons.